The Kier molecular flexibility index (Phi) is 3.04. The van der Waals surface area contributed by atoms with E-state index in [-0.39, 0.29) is 0 Å². The van der Waals surface area contributed by atoms with Crippen LogP contribution in [0.2, 0.25) is 0 Å². The third-order valence-corrected chi connectivity index (χ3v) is 5.07. The summed E-state index contributed by atoms with van der Waals surface area (Å²) in [5, 5.41) is 0. The van der Waals surface area contributed by atoms with Crippen molar-refractivity contribution in [2.24, 2.45) is 0 Å². The van der Waals surface area contributed by atoms with Crippen molar-refractivity contribution in [3.63, 3.8) is 0 Å². The molecule has 3 rings (SSSR count). The highest BCUT2D eigenvalue weighted by Gasteiger charge is 2.28. The third-order valence-electron chi connectivity index (χ3n) is 3.21. The van der Waals surface area contributed by atoms with Gasteiger partial charge in [-0.2, -0.15) is 4.31 Å². The summed E-state index contributed by atoms with van der Waals surface area (Å²) in [7, 11) is -3.43. The van der Waals surface area contributed by atoms with E-state index < -0.39 is 10.0 Å². The molecular formula is C13H13N3O2S. The normalized spacial score (nSPS) is 16.0. The number of aromatic nitrogens is 2. The molecule has 0 N–H and O–H groups in total. The molecule has 1 aromatic heterocycles. The van der Waals surface area contributed by atoms with Gasteiger partial charge in [-0.05, 0) is 12.1 Å². The number of benzene rings is 1. The molecule has 0 saturated heterocycles. The van der Waals surface area contributed by atoms with Gasteiger partial charge in [0.1, 0.15) is 6.33 Å². The second kappa shape index (κ2) is 4.71. The molecule has 1 aliphatic heterocycles. The molecule has 0 amide bonds. The van der Waals surface area contributed by atoms with E-state index in [0.29, 0.717) is 24.4 Å². The third kappa shape index (κ3) is 2.24. The number of nitrogens with zero attached hydrogens (tertiary/aromatic N) is 3. The lowest BCUT2D eigenvalue weighted by Crippen LogP contribution is -2.36. The summed E-state index contributed by atoms with van der Waals surface area (Å²) in [4.78, 5) is 8.46. The molecule has 6 heteroatoms. The molecule has 98 valence electrons. The van der Waals surface area contributed by atoms with Crippen LogP contribution in [0.1, 0.15) is 11.3 Å². The van der Waals surface area contributed by atoms with E-state index in [1.165, 1.54) is 10.6 Å². The zero-order valence-electron chi connectivity index (χ0n) is 10.2. The zero-order valence-corrected chi connectivity index (χ0v) is 11.0. The fraction of sp³-hybridized carbons (Fsp3) is 0.231. The van der Waals surface area contributed by atoms with Gasteiger partial charge in [-0.1, -0.05) is 18.2 Å². The molecule has 0 fully saturated rings. The second-order valence-corrected chi connectivity index (χ2v) is 6.33. The molecule has 1 aromatic carbocycles. The molecule has 0 spiro atoms. The Morgan fingerprint density at radius 1 is 1.16 bits per heavy atom. The molecule has 0 aliphatic carbocycles. The summed E-state index contributed by atoms with van der Waals surface area (Å²) >= 11 is 0. The van der Waals surface area contributed by atoms with Gasteiger partial charge in [-0.3, -0.25) is 0 Å². The largest absolute Gasteiger partial charge is 0.244 e. The minimum Gasteiger partial charge on any atom is -0.244 e. The minimum atomic E-state index is -3.43. The smallest absolute Gasteiger partial charge is 0.243 e. The van der Waals surface area contributed by atoms with Crippen molar-refractivity contribution in [2.75, 3.05) is 6.54 Å². The zero-order chi connectivity index (χ0) is 13.3. The fourth-order valence-electron chi connectivity index (χ4n) is 2.19. The molecule has 0 unspecified atom stereocenters. The van der Waals surface area contributed by atoms with Crippen molar-refractivity contribution in [1.29, 1.82) is 0 Å². The van der Waals surface area contributed by atoms with Crippen LogP contribution in [0.15, 0.2) is 47.8 Å². The van der Waals surface area contributed by atoms with Gasteiger partial charge >= 0.3 is 0 Å². The lowest BCUT2D eigenvalue weighted by molar-refractivity contribution is 0.387. The molecule has 0 saturated carbocycles. The monoisotopic (exact) mass is 275 g/mol. The number of rotatable bonds is 2. The van der Waals surface area contributed by atoms with Gasteiger partial charge in [0, 0.05) is 37.0 Å². The van der Waals surface area contributed by atoms with Crippen LogP contribution in [0.3, 0.4) is 0 Å². The standard InChI is InChI=1S/C13H13N3O2S/c17-19(18,12-4-2-1-3-5-12)16-7-6-13-11(9-16)8-14-10-15-13/h1-5,8,10H,6-7,9H2. The van der Waals surface area contributed by atoms with Crippen LogP contribution in [0.25, 0.3) is 0 Å². The average molecular weight is 275 g/mol. The molecule has 5 nitrogen and oxygen atoms in total. The van der Waals surface area contributed by atoms with Crippen molar-refractivity contribution in [2.45, 2.75) is 17.9 Å². The van der Waals surface area contributed by atoms with E-state index in [1.54, 1.807) is 36.5 Å². The van der Waals surface area contributed by atoms with Crippen molar-refractivity contribution in [3.05, 3.63) is 54.1 Å². The van der Waals surface area contributed by atoms with Crippen molar-refractivity contribution < 1.29 is 8.42 Å². The second-order valence-electron chi connectivity index (χ2n) is 4.40. The Hall–Kier alpha value is -1.79. The quantitative estimate of drug-likeness (QED) is 0.827. The Bertz CT molecular complexity index is 686. The number of hydrogen-bond acceptors (Lipinski definition) is 4. The van der Waals surface area contributed by atoms with E-state index in [1.807, 2.05) is 0 Å². The van der Waals surface area contributed by atoms with Crippen LogP contribution < -0.4 is 0 Å². The Morgan fingerprint density at radius 2 is 1.95 bits per heavy atom. The SMILES string of the molecule is O=S(=O)(c1ccccc1)N1CCc2ncncc2C1. The van der Waals surface area contributed by atoms with Gasteiger partial charge in [-0.15, -0.1) is 0 Å². The van der Waals surface area contributed by atoms with Crippen LogP contribution in [-0.4, -0.2) is 29.2 Å². The number of hydrogen-bond donors (Lipinski definition) is 0. The first-order chi connectivity index (χ1) is 9.18. The van der Waals surface area contributed by atoms with Crippen molar-refractivity contribution in [3.8, 4) is 0 Å². The molecule has 0 atom stereocenters. The van der Waals surface area contributed by atoms with Crippen molar-refractivity contribution >= 4 is 10.0 Å². The maximum absolute atomic E-state index is 12.5. The topological polar surface area (TPSA) is 63.2 Å². The van der Waals surface area contributed by atoms with E-state index in [4.69, 9.17) is 0 Å². The summed E-state index contributed by atoms with van der Waals surface area (Å²) in [6.45, 7) is 0.800. The molecule has 1 aliphatic rings. The van der Waals surface area contributed by atoms with Crippen LogP contribution in [0, 0.1) is 0 Å². The maximum atomic E-state index is 12.5. The molecule has 2 heterocycles. The summed E-state index contributed by atoms with van der Waals surface area (Å²) in [6.07, 6.45) is 3.82. The van der Waals surface area contributed by atoms with E-state index in [2.05, 4.69) is 9.97 Å². The van der Waals surface area contributed by atoms with Crippen LogP contribution in [-0.2, 0) is 23.0 Å². The van der Waals surface area contributed by atoms with Gasteiger partial charge in [-0.25, -0.2) is 18.4 Å². The number of sulfonamides is 1. The Morgan fingerprint density at radius 3 is 2.74 bits per heavy atom. The minimum absolute atomic E-state index is 0.329. The predicted octanol–water partition coefficient (Wildman–Crippen LogP) is 1.22. The first-order valence-electron chi connectivity index (χ1n) is 6.01. The highest BCUT2D eigenvalue weighted by molar-refractivity contribution is 7.89. The first-order valence-corrected chi connectivity index (χ1v) is 7.45. The molecule has 0 bridgehead atoms. The maximum Gasteiger partial charge on any atom is 0.243 e. The van der Waals surface area contributed by atoms with Crippen LogP contribution >= 0.6 is 0 Å². The first kappa shape index (κ1) is 12.3. The van der Waals surface area contributed by atoms with E-state index in [0.717, 1.165) is 11.3 Å². The molecular weight excluding hydrogens is 262 g/mol. The Balaban J connectivity index is 1.93. The lowest BCUT2D eigenvalue weighted by atomic mass is 10.1. The fourth-order valence-corrected chi connectivity index (χ4v) is 3.63. The average Bonchev–Trinajstić information content (AvgIpc) is 2.47. The highest BCUT2D eigenvalue weighted by Crippen LogP contribution is 2.22. The van der Waals surface area contributed by atoms with Crippen molar-refractivity contribution in [1.82, 2.24) is 14.3 Å². The molecule has 19 heavy (non-hydrogen) atoms. The van der Waals surface area contributed by atoms with Gasteiger partial charge < -0.3 is 0 Å². The van der Waals surface area contributed by atoms with Gasteiger partial charge in [0.2, 0.25) is 10.0 Å². The van der Waals surface area contributed by atoms with E-state index >= 15 is 0 Å². The molecule has 2 aromatic rings. The van der Waals surface area contributed by atoms with Crippen LogP contribution in [0.5, 0.6) is 0 Å². The van der Waals surface area contributed by atoms with Gasteiger partial charge in [0.05, 0.1) is 4.90 Å². The Labute approximate surface area is 112 Å². The summed E-state index contributed by atoms with van der Waals surface area (Å²) < 4.78 is 26.4. The summed E-state index contributed by atoms with van der Waals surface area (Å²) in [6, 6.07) is 8.50. The summed E-state index contributed by atoms with van der Waals surface area (Å²) in [5.74, 6) is 0. The number of fused-ring (bicyclic) bond motifs is 1. The van der Waals surface area contributed by atoms with Gasteiger partial charge in [0.25, 0.3) is 0 Å². The lowest BCUT2D eigenvalue weighted by Gasteiger charge is -2.27. The highest BCUT2D eigenvalue weighted by atomic mass is 32.2. The predicted molar refractivity (Wildman–Crippen MR) is 69.8 cm³/mol. The summed E-state index contributed by atoms with van der Waals surface area (Å²) in [5.41, 5.74) is 1.82. The van der Waals surface area contributed by atoms with E-state index in [9.17, 15) is 8.42 Å². The van der Waals surface area contributed by atoms with Crippen LogP contribution in [0.4, 0.5) is 0 Å². The molecule has 0 radical (unpaired) electrons. The van der Waals surface area contributed by atoms with Gasteiger partial charge in [0.15, 0.2) is 0 Å².